The third-order valence-corrected chi connectivity index (χ3v) is 8.97. The number of fused-ring (bicyclic) bond motifs is 2. The van der Waals surface area contributed by atoms with Crippen LogP contribution >= 0.6 is 114 Å². The number of hydrogen-bond acceptors (Lipinski definition) is 3. The summed E-state index contributed by atoms with van der Waals surface area (Å²) in [6.45, 7) is 0. The summed E-state index contributed by atoms with van der Waals surface area (Å²) in [5.74, 6) is -1.05. The second kappa shape index (κ2) is 10.5. The molecule has 0 spiro atoms. The summed E-state index contributed by atoms with van der Waals surface area (Å²) < 4.78 is 8.23. The molecule has 0 fully saturated rings. The van der Waals surface area contributed by atoms with E-state index < -0.39 is 5.97 Å². The van der Waals surface area contributed by atoms with Crippen molar-refractivity contribution in [3.8, 4) is 22.6 Å². The second-order valence-electron chi connectivity index (χ2n) is 6.39. The van der Waals surface area contributed by atoms with E-state index in [0.717, 1.165) is 0 Å². The van der Waals surface area contributed by atoms with Crippen molar-refractivity contribution in [1.29, 1.82) is 0 Å². The Morgan fingerprint density at radius 1 is 0.812 bits per heavy atom. The van der Waals surface area contributed by atoms with E-state index in [1.54, 1.807) is 12.1 Å². The third kappa shape index (κ3) is 4.67. The fourth-order valence-electron chi connectivity index (χ4n) is 3.22. The van der Waals surface area contributed by atoms with Gasteiger partial charge in [-0.2, -0.15) is 0 Å². The quantitative estimate of drug-likeness (QED) is 0.109. The first-order valence-electron chi connectivity index (χ1n) is 8.23. The van der Waals surface area contributed by atoms with Crippen LogP contribution in [0.25, 0.3) is 33.1 Å². The van der Waals surface area contributed by atoms with Gasteiger partial charge in [-0.25, -0.2) is 9.21 Å². The first kappa shape index (κ1) is 27.5. The number of aromatic hydroxyl groups is 2. The van der Waals surface area contributed by atoms with Crippen molar-refractivity contribution >= 4 is 141 Å². The molecule has 12 heteroatoms. The maximum atomic E-state index is 12.1. The first-order valence-corrected chi connectivity index (χ1v) is 13.3. The Morgan fingerprint density at radius 2 is 1.25 bits per heavy atom. The van der Waals surface area contributed by atoms with E-state index in [4.69, 9.17) is 27.6 Å². The van der Waals surface area contributed by atoms with Gasteiger partial charge in [-0.15, -0.1) is 0 Å². The summed E-state index contributed by atoms with van der Waals surface area (Å²) in [6.07, 6.45) is 0. The monoisotopic (exact) mass is 928 g/mol. The van der Waals surface area contributed by atoms with Crippen molar-refractivity contribution in [2.75, 3.05) is 0 Å². The van der Waals surface area contributed by atoms with Gasteiger partial charge in [0.1, 0.15) is 0 Å². The minimum Gasteiger partial charge on any atom is -0.505 e. The van der Waals surface area contributed by atoms with Crippen molar-refractivity contribution in [3.63, 3.8) is 0 Å². The second-order valence-corrected chi connectivity index (χ2v) is 11.7. The van der Waals surface area contributed by atoms with Gasteiger partial charge in [-0.1, -0.05) is 23.2 Å². The molecule has 0 saturated carbocycles. The van der Waals surface area contributed by atoms with Crippen LogP contribution in [0.4, 0.5) is 0 Å². The Bertz CT molecular complexity index is 1390. The van der Waals surface area contributed by atoms with Crippen LogP contribution in [-0.4, -0.2) is 21.3 Å². The van der Waals surface area contributed by atoms with E-state index in [1.165, 1.54) is 12.1 Å². The zero-order valence-corrected chi connectivity index (χ0v) is 27.9. The molecule has 4 rings (SSSR count). The van der Waals surface area contributed by atoms with Crippen molar-refractivity contribution in [1.82, 2.24) is 0 Å². The van der Waals surface area contributed by atoms with Crippen LogP contribution in [0.3, 0.4) is 0 Å². The number of carboxylic acid groups (broad SMARTS) is 1. The molecule has 0 atom stereocenters. The zero-order chi connectivity index (χ0) is 22.8. The van der Waals surface area contributed by atoms with Gasteiger partial charge in [0.2, 0.25) is 0 Å². The van der Waals surface area contributed by atoms with Gasteiger partial charge in [-0.3, -0.25) is 0 Å². The number of phenols is 2. The smallest absolute Gasteiger partial charge is 0.505 e. The van der Waals surface area contributed by atoms with Gasteiger partial charge in [0.15, 0.2) is 18.6 Å². The molecular formula is C20H7Cl2I4NaO5+2. The van der Waals surface area contributed by atoms with Crippen molar-refractivity contribution in [2.45, 2.75) is 0 Å². The normalized spacial score (nSPS) is 11.1. The molecule has 5 nitrogen and oxygen atoms in total. The van der Waals surface area contributed by atoms with Crippen LogP contribution in [-0.2, 0) is 0 Å². The van der Waals surface area contributed by atoms with E-state index in [0.29, 0.717) is 47.3 Å². The molecule has 0 amide bonds. The van der Waals surface area contributed by atoms with E-state index in [9.17, 15) is 20.1 Å². The standard InChI is InChI=1S/C20H6Cl2I4O5.Na/c21-9-1-5(6(20(29)30)2-10(9)22)13-7-3-11(23)16(27)14(25)18(7)31-19-8(13)4-12(24)17(28)15(19)26;/h1-4H,(H2-,27,28,29,30);/q;+1/p+1. The molecule has 1 heterocycles. The average molecular weight is 929 g/mol. The number of hydrogen-bond donors (Lipinski definition) is 3. The molecular weight excluding hydrogens is 922 g/mol. The number of halogens is 6. The Labute approximate surface area is 268 Å². The molecule has 3 aromatic carbocycles. The number of rotatable bonds is 2. The van der Waals surface area contributed by atoms with Crippen LogP contribution < -0.4 is 29.6 Å². The predicted octanol–water partition coefficient (Wildman–Crippen LogP) is 5.37. The Kier molecular flexibility index (Phi) is 9.01. The molecule has 4 aromatic rings. The number of benzene rings is 3. The minimum atomic E-state index is -1.16. The molecule has 32 heavy (non-hydrogen) atoms. The summed E-state index contributed by atoms with van der Waals surface area (Å²) in [7, 11) is 0. The number of carboxylic acids is 1. The first-order chi connectivity index (χ1) is 14.5. The predicted molar refractivity (Wildman–Crippen MR) is 155 cm³/mol. The van der Waals surface area contributed by atoms with Crippen LogP contribution in [0.5, 0.6) is 11.5 Å². The van der Waals surface area contributed by atoms with Gasteiger partial charge in [0.25, 0.3) is 0 Å². The molecule has 0 bridgehead atoms. The van der Waals surface area contributed by atoms with Gasteiger partial charge < -0.3 is 15.3 Å². The Hall–Kier alpha value is 0.900. The number of phenolic OH excluding ortho intramolecular Hbond substituents is 2. The van der Waals surface area contributed by atoms with Gasteiger partial charge >= 0.3 is 46.7 Å². The summed E-state index contributed by atoms with van der Waals surface area (Å²) >= 11 is 20.4. The zero-order valence-electron chi connectivity index (χ0n) is 15.7. The van der Waals surface area contributed by atoms with Crippen LogP contribution in [0.1, 0.15) is 10.4 Å². The van der Waals surface area contributed by atoms with E-state index in [-0.39, 0.29) is 56.7 Å². The summed E-state index contributed by atoms with van der Waals surface area (Å²) in [4.78, 5) is 12.1. The van der Waals surface area contributed by atoms with Gasteiger partial charge in [0, 0.05) is 5.56 Å². The molecule has 0 aliphatic heterocycles. The van der Waals surface area contributed by atoms with E-state index in [2.05, 4.69) is 0 Å². The molecule has 158 valence electrons. The van der Waals surface area contributed by atoms with Crippen molar-refractivity contribution in [2.24, 2.45) is 0 Å². The molecule has 3 N–H and O–H groups in total. The maximum Gasteiger partial charge on any atom is 1.00 e. The van der Waals surface area contributed by atoms with Crippen LogP contribution in [0.15, 0.2) is 28.7 Å². The fraction of sp³-hybridized carbons (Fsp3) is 0. The average Bonchev–Trinajstić information content (AvgIpc) is 2.71. The number of carbonyl (C=O) groups is 1. The van der Waals surface area contributed by atoms with Gasteiger partial charge in [-0.05, 0) is 120 Å². The number of aromatic carboxylic acids is 1. The van der Waals surface area contributed by atoms with Gasteiger partial charge in [0.05, 0.1) is 33.5 Å². The van der Waals surface area contributed by atoms with Crippen LogP contribution in [0, 0.1) is 14.3 Å². The van der Waals surface area contributed by atoms with E-state index >= 15 is 0 Å². The summed E-state index contributed by atoms with van der Waals surface area (Å²) in [5, 5.41) is 32.3. The SMILES string of the molecule is O=C(O)c1cc(Cl)c(Cl)cc1-c1c2cc(I)c(O)c(I)c2[o+]c2c(I)c(O)c(I)cc12.[Na+]. The Morgan fingerprint density at radius 3 is 1.69 bits per heavy atom. The summed E-state index contributed by atoms with van der Waals surface area (Å²) in [6, 6.07) is 6.29. The molecule has 0 saturated heterocycles. The van der Waals surface area contributed by atoms with Crippen molar-refractivity contribution < 1.29 is 54.1 Å². The Balaban J connectivity index is 0.00000289. The largest absolute Gasteiger partial charge is 1.00 e. The molecule has 0 aliphatic carbocycles. The van der Waals surface area contributed by atoms with E-state index in [1.807, 2.05) is 90.4 Å². The van der Waals surface area contributed by atoms with Crippen molar-refractivity contribution in [3.05, 3.63) is 54.2 Å². The molecule has 0 radical (unpaired) electrons. The third-order valence-electron chi connectivity index (χ3n) is 4.60. The topological polar surface area (TPSA) is 89.1 Å². The summed E-state index contributed by atoms with van der Waals surface area (Å²) in [5.41, 5.74) is 1.60. The molecule has 0 unspecified atom stereocenters. The minimum absolute atomic E-state index is 0. The fourth-order valence-corrected chi connectivity index (χ4v) is 7.13. The van der Waals surface area contributed by atoms with Crippen LogP contribution in [0.2, 0.25) is 10.0 Å². The molecule has 0 aliphatic rings. The molecule has 1 aromatic heterocycles. The maximum absolute atomic E-state index is 12.1.